The smallest absolute Gasteiger partial charge is 0.0814 e. The van der Waals surface area contributed by atoms with Crippen LogP contribution in [0.4, 0.5) is 0 Å². The van der Waals surface area contributed by atoms with Gasteiger partial charge in [0.05, 0.1) is 11.4 Å². The zero-order valence-electron chi connectivity index (χ0n) is 8.64. The molecular weight excluding hydrogens is 186 g/mol. The molecule has 0 fully saturated rings. The van der Waals surface area contributed by atoms with Crippen LogP contribution in [-0.2, 0) is 6.54 Å². The Balaban J connectivity index is 2.05. The highest BCUT2D eigenvalue weighted by Crippen LogP contribution is 2.24. The number of aromatic nitrogens is 2. The number of hydrogen-bond donors (Lipinski definition) is 1. The van der Waals surface area contributed by atoms with Crippen molar-refractivity contribution in [3.05, 3.63) is 47.8 Å². The topological polar surface area (TPSA) is 29.9 Å². The summed E-state index contributed by atoms with van der Waals surface area (Å²) in [6, 6.07) is 10.6. The van der Waals surface area contributed by atoms with Gasteiger partial charge in [-0.1, -0.05) is 18.2 Å². The molecule has 1 atom stereocenters. The first kappa shape index (κ1) is 8.68. The van der Waals surface area contributed by atoms with E-state index in [1.807, 2.05) is 22.9 Å². The number of benzene rings is 1. The Labute approximate surface area is 88.7 Å². The molecule has 3 nitrogen and oxygen atoms in total. The van der Waals surface area contributed by atoms with Gasteiger partial charge in [-0.05, 0) is 19.1 Å². The molecule has 3 rings (SSSR count). The highest BCUT2D eigenvalue weighted by Gasteiger charge is 2.21. The molecule has 2 heterocycles. The lowest BCUT2D eigenvalue weighted by Crippen LogP contribution is -2.09. The lowest BCUT2D eigenvalue weighted by molar-refractivity contribution is 0.617. The Morgan fingerprint density at radius 1 is 1.33 bits per heavy atom. The van der Waals surface area contributed by atoms with E-state index in [0.717, 1.165) is 12.2 Å². The van der Waals surface area contributed by atoms with Crippen molar-refractivity contribution < 1.29 is 0 Å². The van der Waals surface area contributed by atoms with Crippen molar-refractivity contribution in [3.8, 4) is 5.69 Å². The van der Waals surface area contributed by atoms with Crippen molar-refractivity contribution in [2.75, 3.05) is 0 Å². The van der Waals surface area contributed by atoms with Gasteiger partial charge in [0.1, 0.15) is 0 Å². The molecule has 3 heteroatoms. The summed E-state index contributed by atoms with van der Waals surface area (Å²) in [6.45, 7) is 3.05. The van der Waals surface area contributed by atoms with Crippen LogP contribution in [0, 0.1) is 0 Å². The summed E-state index contributed by atoms with van der Waals surface area (Å²) in [6.07, 6.45) is 2.12. The molecule has 1 aromatic heterocycles. The average molecular weight is 199 g/mol. The molecular formula is C12H13N3. The van der Waals surface area contributed by atoms with Gasteiger partial charge < -0.3 is 5.32 Å². The van der Waals surface area contributed by atoms with Gasteiger partial charge in [0.2, 0.25) is 0 Å². The van der Waals surface area contributed by atoms with E-state index in [1.165, 1.54) is 11.3 Å². The van der Waals surface area contributed by atoms with E-state index in [0.29, 0.717) is 6.04 Å². The Morgan fingerprint density at radius 3 is 2.87 bits per heavy atom. The molecule has 1 aromatic carbocycles. The molecule has 0 bridgehead atoms. The molecule has 0 radical (unpaired) electrons. The minimum atomic E-state index is 0.428. The molecule has 0 saturated heterocycles. The minimum absolute atomic E-state index is 0.428. The summed E-state index contributed by atoms with van der Waals surface area (Å²) in [5.41, 5.74) is 3.62. The monoisotopic (exact) mass is 199 g/mol. The fraction of sp³-hybridized carbons (Fsp3) is 0.250. The van der Waals surface area contributed by atoms with Crippen LogP contribution in [0.2, 0.25) is 0 Å². The van der Waals surface area contributed by atoms with Crippen LogP contribution in [0.15, 0.2) is 36.5 Å². The van der Waals surface area contributed by atoms with Gasteiger partial charge in [-0.2, -0.15) is 5.10 Å². The molecule has 0 saturated carbocycles. The number of hydrogen-bond acceptors (Lipinski definition) is 2. The third-order valence-corrected chi connectivity index (χ3v) is 2.89. The second-order valence-corrected chi connectivity index (χ2v) is 3.91. The van der Waals surface area contributed by atoms with E-state index in [1.54, 1.807) is 0 Å². The molecule has 2 aromatic rings. The van der Waals surface area contributed by atoms with E-state index in [-0.39, 0.29) is 0 Å². The van der Waals surface area contributed by atoms with Crippen LogP contribution in [-0.4, -0.2) is 9.78 Å². The molecule has 1 unspecified atom stereocenters. The van der Waals surface area contributed by atoms with Crippen molar-refractivity contribution in [2.45, 2.75) is 19.5 Å². The van der Waals surface area contributed by atoms with Crippen LogP contribution in [0.3, 0.4) is 0 Å². The first-order chi connectivity index (χ1) is 7.34. The summed E-state index contributed by atoms with van der Waals surface area (Å²) >= 11 is 0. The summed E-state index contributed by atoms with van der Waals surface area (Å²) < 4.78 is 1.96. The highest BCUT2D eigenvalue weighted by molar-refractivity contribution is 5.34. The second kappa shape index (κ2) is 3.21. The Bertz CT molecular complexity index is 473. The lowest BCUT2D eigenvalue weighted by atomic mass is 10.2. The predicted octanol–water partition coefficient (Wildman–Crippen LogP) is 2.04. The van der Waals surface area contributed by atoms with E-state index in [9.17, 15) is 0 Å². The van der Waals surface area contributed by atoms with E-state index < -0.39 is 0 Å². The van der Waals surface area contributed by atoms with E-state index in [2.05, 4.69) is 35.7 Å². The summed E-state index contributed by atoms with van der Waals surface area (Å²) in [4.78, 5) is 0. The number of nitrogens with zero attached hydrogens (tertiary/aromatic N) is 2. The fourth-order valence-electron chi connectivity index (χ4n) is 1.99. The molecule has 0 amide bonds. The van der Waals surface area contributed by atoms with Crippen LogP contribution in [0.25, 0.3) is 5.69 Å². The van der Waals surface area contributed by atoms with Crippen molar-refractivity contribution >= 4 is 0 Å². The fourth-order valence-corrected chi connectivity index (χ4v) is 1.99. The van der Waals surface area contributed by atoms with E-state index in [4.69, 9.17) is 0 Å². The normalized spacial score (nSPS) is 19.1. The van der Waals surface area contributed by atoms with Crippen molar-refractivity contribution in [1.82, 2.24) is 15.1 Å². The third-order valence-electron chi connectivity index (χ3n) is 2.89. The molecule has 1 N–H and O–H groups in total. The first-order valence-electron chi connectivity index (χ1n) is 5.22. The van der Waals surface area contributed by atoms with Gasteiger partial charge in [-0.3, -0.25) is 0 Å². The Kier molecular flexibility index (Phi) is 1.86. The van der Waals surface area contributed by atoms with Crippen LogP contribution < -0.4 is 5.32 Å². The number of para-hydroxylation sites is 1. The number of fused-ring (bicyclic) bond motifs is 1. The highest BCUT2D eigenvalue weighted by atomic mass is 15.3. The van der Waals surface area contributed by atoms with Crippen LogP contribution >= 0.6 is 0 Å². The van der Waals surface area contributed by atoms with Gasteiger partial charge in [0.25, 0.3) is 0 Å². The standard InChI is InChI=1S/C12H13N3/c1-9-11-8-15(14-12(11)7-13-9)10-5-3-2-4-6-10/h2-6,8-9,13H,7H2,1H3. The van der Waals surface area contributed by atoms with Crippen molar-refractivity contribution in [3.63, 3.8) is 0 Å². The zero-order chi connectivity index (χ0) is 10.3. The van der Waals surface area contributed by atoms with Crippen molar-refractivity contribution in [1.29, 1.82) is 0 Å². The molecule has 0 spiro atoms. The Morgan fingerprint density at radius 2 is 2.13 bits per heavy atom. The van der Waals surface area contributed by atoms with Crippen molar-refractivity contribution in [2.24, 2.45) is 0 Å². The van der Waals surface area contributed by atoms with Gasteiger partial charge in [-0.25, -0.2) is 4.68 Å². The largest absolute Gasteiger partial charge is 0.304 e. The number of nitrogens with one attached hydrogen (secondary N) is 1. The minimum Gasteiger partial charge on any atom is -0.304 e. The molecule has 1 aliphatic rings. The van der Waals surface area contributed by atoms with Gasteiger partial charge >= 0.3 is 0 Å². The molecule has 1 aliphatic heterocycles. The number of rotatable bonds is 1. The molecule has 76 valence electrons. The molecule has 0 aliphatic carbocycles. The first-order valence-corrected chi connectivity index (χ1v) is 5.22. The quantitative estimate of drug-likeness (QED) is 0.761. The zero-order valence-corrected chi connectivity index (χ0v) is 8.64. The second-order valence-electron chi connectivity index (χ2n) is 3.91. The summed E-state index contributed by atoms with van der Waals surface area (Å²) in [5.74, 6) is 0. The maximum Gasteiger partial charge on any atom is 0.0814 e. The van der Waals surface area contributed by atoms with Crippen LogP contribution in [0.1, 0.15) is 24.2 Å². The van der Waals surface area contributed by atoms with Gasteiger partial charge in [0.15, 0.2) is 0 Å². The van der Waals surface area contributed by atoms with E-state index >= 15 is 0 Å². The van der Waals surface area contributed by atoms with Gasteiger partial charge in [-0.15, -0.1) is 0 Å². The maximum absolute atomic E-state index is 4.57. The predicted molar refractivity (Wildman–Crippen MR) is 58.8 cm³/mol. The average Bonchev–Trinajstić information content (AvgIpc) is 2.83. The summed E-state index contributed by atoms with van der Waals surface area (Å²) in [7, 11) is 0. The summed E-state index contributed by atoms with van der Waals surface area (Å²) in [5, 5.41) is 7.93. The molecule has 15 heavy (non-hydrogen) atoms. The lowest BCUT2D eigenvalue weighted by Gasteiger charge is -2.03. The van der Waals surface area contributed by atoms with Crippen LogP contribution in [0.5, 0.6) is 0 Å². The SMILES string of the molecule is CC1NCc2nn(-c3ccccc3)cc21. The maximum atomic E-state index is 4.57. The third kappa shape index (κ3) is 1.36. The van der Waals surface area contributed by atoms with Gasteiger partial charge in [0, 0.05) is 24.3 Å². The Hall–Kier alpha value is -1.61.